The first-order chi connectivity index (χ1) is 8.45. The molecule has 1 heterocycles. The summed E-state index contributed by atoms with van der Waals surface area (Å²) >= 11 is 0. The van der Waals surface area contributed by atoms with Crippen LogP contribution in [0.3, 0.4) is 0 Å². The van der Waals surface area contributed by atoms with E-state index in [9.17, 15) is 4.79 Å². The van der Waals surface area contributed by atoms with Gasteiger partial charge in [-0.05, 0) is 20.3 Å². The van der Waals surface area contributed by atoms with E-state index in [1.54, 1.807) is 26.2 Å². The van der Waals surface area contributed by atoms with E-state index in [-0.39, 0.29) is 5.91 Å². The normalized spacial score (nSPS) is 11.1. The van der Waals surface area contributed by atoms with Crippen molar-refractivity contribution in [3.8, 4) is 0 Å². The van der Waals surface area contributed by atoms with Crippen LogP contribution in [0.25, 0.3) is 0 Å². The smallest absolute Gasteiger partial charge is 0.224 e. The average molecular weight is 251 g/mol. The van der Waals surface area contributed by atoms with Crippen LogP contribution in [-0.4, -0.2) is 29.0 Å². The monoisotopic (exact) mass is 251 g/mol. The van der Waals surface area contributed by atoms with E-state index in [0.29, 0.717) is 12.4 Å². The fourth-order valence-corrected chi connectivity index (χ4v) is 1.19. The third-order valence-electron chi connectivity index (χ3n) is 2.57. The fraction of sp³-hybridized carbons (Fsp3) is 0.583. The van der Waals surface area contributed by atoms with Crippen LogP contribution in [0.15, 0.2) is 12.4 Å². The summed E-state index contributed by atoms with van der Waals surface area (Å²) in [7, 11) is 0. The van der Waals surface area contributed by atoms with Crippen LogP contribution in [0.4, 0.5) is 11.6 Å². The maximum atomic E-state index is 11.2. The summed E-state index contributed by atoms with van der Waals surface area (Å²) in [6.45, 7) is 6.93. The number of nitrogens with one attached hydrogen (secondary N) is 2. The number of hydrogen-bond donors (Lipinski definition) is 3. The van der Waals surface area contributed by atoms with E-state index in [1.807, 2.05) is 0 Å². The summed E-state index contributed by atoms with van der Waals surface area (Å²) in [4.78, 5) is 19.6. The van der Waals surface area contributed by atoms with E-state index >= 15 is 0 Å². The molecule has 1 amide bonds. The zero-order valence-corrected chi connectivity index (χ0v) is 11.2. The van der Waals surface area contributed by atoms with Gasteiger partial charge in [0.25, 0.3) is 0 Å². The van der Waals surface area contributed by atoms with Crippen molar-refractivity contribution >= 4 is 17.5 Å². The Bertz CT molecular complexity index is 405. The number of hydrogen-bond acceptors (Lipinski definition) is 5. The van der Waals surface area contributed by atoms with Crippen LogP contribution < -0.4 is 16.4 Å². The number of primary amides is 1. The molecule has 100 valence electrons. The van der Waals surface area contributed by atoms with Crippen molar-refractivity contribution < 1.29 is 4.79 Å². The van der Waals surface area contributed by atoms with Crippen molar-refractivity contribution in [1.29, 1.82) is 0 Å². The molecule has 0 radical (unpaired) electrons. The molecule has 0 unspecified atom stereocenters. The lowest BCUT2D eigenvalue weighted by Crippen LogP contribution is -2.37. The van der Waals surface area contributed by atoms with Gasteiger partial charge in [0.15, 0.2) is 0 Å². The summed E-state index contributed by atoms with van der Waals surface area (Å²) in [6, 6.07) is 0. The number of nitrogens with zero attached hydrogens (tertiary/aromatic N) is 2. The van der Waals surface area contributed by atoms with E-state index < -0.39 is 5.41 Å². The lowest BCUT2D eigenvalue weighted by Gasteiger charge is -2.21. The first-order valence-electron chi connectivity index (χ1n) is 6.05. The Morgan fingerprint density at radius 3 is 2.50 bits per heavy atom. The number of amides is 1. The Morgan fingerprint density at radius 1 is 1.33 bits per heavy atom. The number of carbonyl (C=O) groups is 1. The van der Waals surface area contributed by atoms with Crippen molar-refractivity contribution in [1.82, 2.24) is 9.97 Å². The van der Waals surface area contributed by atoms with Crippen molar-refractivity contribution in [2.45, 2.75) is 27.2 Å². The number of rotatable bonds is 7. The maximum Gasteiger partial charge on any atom is 0.224 e. The Kier molecular flexibility index (Phi) is 4.88. The molecule has 1 aromatic rings. The van der Waals surface area contributed by atoms with Gasteiger partial charge in [-0.2, -0.15) is 0 Å². The van der Waals surface area contributed by atoms with Gasteiger partial charge >= 0.3 is 0 Å². The highest BCUT2D eigenvalue weighted by atomic mass is 16.1. The van der Waals surface area contributed by atoms with Crippen molar-refractivity contribution in [2.75, 3.05) is 23.7 Å². The highest BCUT2D eigenvalue weighted by Gasteiger charge is 2.24. The molecule has 18 heavy (non-hydrogen) atoms. The molecule has 0 aliphatic carbocycles. The van der Waals surface area contributed by atoms with Gasteiger partial charge in [-0.1, -0.05) is 6.92 Å². The van der Waals surface area contributed by atoms with Crippen molar-refractivity contribution in [2.24, 2.45) is 11.1 Å². The fourth-order valence-electron chi connectivity index (χ4n) is 1.19. The molecule has 1 rings (SSSR count). The third kappa shape index (κ3) is 4.20. The van der Waals surface area contributed by atoms with E-state index in [1.165, 1.54) is 0 Å². The third-order valence-corrected chi connectivity index (χ3v) is 2.57. The number of nitrogens with two attached hydrogens (primary N) is 1. The largest absolute Gasteiger partial charge is 0.369 e. The molecule has 0 atom stereocenters. The van der Waals surface area contributed by atoms with Gasteiger partial charge in [0, 0.05) is 13.1 Å². The maximum absolute atomic E-state index is 11.2. The molecule has 0 bridgehead atoms. The molecular formula is C12H21N5O. The highest BCUT2D eigenvalue weighted by molar-refractivity contribution is 5.80. The van der Waals surface area contributed by atoms with Gasteiger partial charge in [0.2, 0.25) is 5.91 Å². The number of carbonyl (C=O) groups excluding carboxylic acids is 1. The molecule has 6 heteroatoms. The molecule has 1 aromatic heterocycles. The lowest BCUT2D eigenvalue weighted by atomic mass is 9.93. The molecule has 0 aliphatic heterocycles. The highest BCUT2D eigenvalue weighted by Crippen LogP contribution is 2.15. The average Bonchev–Trinajstić information content (AvgIpc) is 2.34. The number of anilines is 2. The Morgan fingerprint density at radius 2 is 1.94 bits per heavy atom. The summed E-state index contributed by atoms with van der Waals surface area (Å²) < 4.78 is 0. The van der Waals surface area contributed by atoms with E-state index in [0.717, 1.165) is 18.8 Å². The minimum absolute atomic E-state index is 0.344. The van der Waals surface area contributed by atoms with Crippen molar-refractivity contribution in [3.05, 3.63) is 12.4 Å². The second-order valence-corrected chi connectivity index (χ2v) is 4.82. The van der Waals surface area contributed by atoms with Gasteiger partial charge in [-0.3, -0.25) is 9.78 Å². The Labute approximate surface area is 107 Å². The molecular weight excluding hydrogens is 230 g/mol. The summed E-state index contributed by atoms with van der Waals surface area (Å²) in [6.07, 6.45) is 4.31. The molecule has 0 fully saturated rings. The van der Waals surface area contributed by atoms with Crippen LogP contribution in [0, 0.1) is 5.41 Å². The first-order valence-corrected chi connectivity index (χ1v) is 6.05. The summed E-state index contributed by atoms with van der Waals surface area (Å²) in [5.74, 6) is 1.01. The lowest BCUT2D eigenvalue weighted by molar-refractivity contribution is -0.125. The Balaban J connectivity index is 2.60. The van der Waals surface area contributed by atoms with Crippen LogP contribution >= 0.6 is 0 Å². The SMILES string of the molecule is CCCNc1cncc(NCC(C)(C)C(N)=O)n1. The topological polar surface area (TPSA) is 92.9 Å². The molecule has 0 saturated carbocycles. The van der Waals surface area contributed by atoms with E-state index in [4.69, 9.17) is 5.73 Å². The van der Waals surface area contributed by atoms with Gasteiger partial charge in [-0.25, -0.2) is 4.98 Å². The second-order valence-electron chi connectivity index (χ2n) is 4.82. The quantitative estimate of drug-likeness (QED) is 0.677. The van der Waals surface area contributed by atoms with Gasteiger partial charge in [0.1, 0.15) is 11.6 Å². The molecule has 0 aliphatic rings. The van der Waals surface area contributed by atoms with Gasteiger partial charge in [0.05, 0.1) is 17.8 Å². The van der Waals surface area contributed by atoms with Crippen LogP contribution in [0.5, 0.6) is 0 Å². The molecule has 6 nitrogen and oxygen atoms in total. The van der Waals surface area contributed by atoms with Crippen LogP contribution in [0.1, 0.15) is 27.2 Å². The predicted octanol–water partition coefficient (Wildman–Crippen LogP) is 1.22. The predicted molar refractivity (Wildman–Crippen MR) is 72.3 cm³/mol. The Hall–Kier alpha value is -1.85. The minimum atomic E-state index is -0.617. The summed E-state index contributed by atoms with van der Waals surface area (Å²) in [5, 5.41) is 6.22. The minimum Gasteiger partial charge on any atom is -0.369 e. The van der Waals surface area contributed by atoms with Gasteiger partial charge in [-0.15, -0.1) is 0 Å². The first kappa shape index (κ1) is 14.2. The van der Waals surface area contributed by atoms with E-state index in [2.05, 4.69) is 27.5 Å². The molecule has 0 spiro atoms. The zero-order chi connectivity index (χ0) is 13.6. The van der Waals surface area contributed by atoms with Crippen LogP contribution in [-0.2, 0) is 4.79 Å². The summed E-state index contributed by atoms with van der Waals surface area (Å²) in [5.41, 5.74) is 4.69. The molecule has 0 saturated heterocycles. The van der Waals surface area contributed by atoms with Crippen LogP contribution in [0.2, 0.25) is 0 Å². The number of aromatic nitrogens is 2. The van der Waals surface area contributed by atoms with Gasteiger partial charge < -0.3 is 16.4 Å². The zero-order valence-electron chi connectivity index (χ0n) is 11.2. The standard InChI is InChI=1S/C12H21N5O/c1-4-5-15-9-6-14-7-10(17-9)16-8-12(2,3)11(13)18/h6-7H,4-5,8H2,1-3H3,(H2,13,18)(H2,15,16,17). The van der Waals surface area contributed by atoms with Crippen molar-refractivity contribution in [3.63, 3.8) is 0 Å². The second kappa shape index (κ2) is 6.18. The molecule has 4 N–H and O–H groups in total. The molecule has 0 aromatic carbocycles.